The van der Waals surface area contributed by atoms with Crippen LogP contribution in [0, 0.1) is 17.7 Å². The molecule has 1 aliphatic rings. The summed E-state index contributed by atoms with van der Waals surface area (Å²) in [5.74, 6) is 0.246. The summed E-state index contributed by atoms with van der Waals surface area (Å²) in [4.78, 5) is 40.1. The third-order valence-corrected chi connectivity index (χ3v) is 5.56. The number of nitrogens with two attached hydrogens (primary N) is 1. The van der Waals surface area contributed by atoms with Gasteiger partial charge in [-0.05, 0) is 50.8 Å². The van der Waals surface area contributed by atoms with Crippen molar-refractivity contribution in [2.75, 3.05) is 18.5 Å². The molecule has 0 atom stereocenters. The van der Waals surface area contributed by atoms with Crippen molar-refractivity contribution in [1.29, 1.82) is 0 Å². The molecule has 0 saturated heterocycles. The Morgan fingerprint density at radius 2 is 2.09 bits per heavy atom. The number of rotatable bonds is 11. The Labute approximate surface area is 195 Å². The van der Waals surface area contributed by atoms with Gasteiger partial charge in [0.05, 0.1) is 24.4 Å². The molecule has 11 nitrogen and oxygen atoms in total. The summed E-state index contributed by atoms with van der Waals surface area (Å²) in [6.07, 6.45) is 5.59. The van der Waals surface area contributed by atoms with E-state index in [2.05, 4.69) is 20.6 Å². The second-order valence-electron chi connectivity index (χ2n) is 8.23. The molecule has 0 radical (unpaired) electrons. The number of carbonyl (C=O) groups excluding carboxylic acids is 2. The molecule has 2 aromatic heterocycles. The highest BCUT2D eigenvalue weighted by Gasteiger charge is 2.25. The Bertz CT molecular complexity index is 1270. The fourth-order valence-electron chi connectivity index (χ4n) is 3.68. The van der Waals surface area contributed by atoms with Gasteiger partial charge in [-0.25, -0.2) is 4.98 Å². The van der Waals surface area contributed by atoms with Crippen LogP contribution in [-0.2, 0) is 13.1 Å². The van der Waals surface area contributed by atoms with Gasteiger partial charge in [0.15, 0.2) is 0 Å². The van der Waals surface area contributed by atoms with Crippen molar-refractivity contribution in [3.05, 3.63) is 52.2 Å². The molecule has 0 spiro atoms. The van der Waals surface area contributed by atoms with Crippen LogP contribution in [0.5, 0.6) is 5.75 Å². The number of imidazole rings is 1. The molecule has 0 aliphatic heterocycles. The van der Waals surface area contributed by atoms with Gasteiger partial charge in [-0.1, -0.05) is 17.3 Å². The summed E-state index contributed by atoms with van der Waals surface area (Å²) in [6.45, 7) is 5.10. The van der Waals surface area contributed by atoms with E-state index in [0.29, 0.717) is 48.1 Å². The summed E-state index contributed by atoms with van der Waals surface area (Å²) in [5, 5.41) is 10.0. The van der Waals surface area contributed by atoms with Gasteiger partial charge in [0, 0.05) is 18.7 Å². The molecule has 2 amide bonds. The molecular formula is C23H27N7O4. The average Bonchev–Trinajstić information content (AvgIpc) is 3.47. The van der Waals surface area contributed by atoms with Crippen LogP contribution in [0.2, 0.25) is 0 Å². The topological polar surface area (TPSA) is 146 Å². The van der Waals surface area contributed by atoms with Gasteiger partial charge in [0.1, 0.15) is 17.0 Å². The van der Waals surface area contributed by atoms with E-state index in [1.807, 2.05) is 13.8 Å². The van der Waals surface area contributed by atoms with E-state index in [1.165, 1.54) is 0 Å². The minimum absolute atomic E-state index is 0.0279. The normalized spacial score (nSPS) is 13.5. The lowest BCUT2D eigenvalue weighted by atomic mass is 10.1. The Balaban J connectivity index is 1.78. The summed E-state index contributed by atoms with van der Waals surface area (Å²) < 4.78 is 9.44. The van der Waals surface area contributed by atoms with E-state index in [0.717, 1.165) is 18.5 Å². The monoisotopic (exact) mass is 465 g/mol. The number of benzene rings is 1. The highest BCUT2D eigenvalue weighted by atomic mass is 16.5. The van der Waals surface area contributed by atoms with Gasteiger partial charge in [-0.2, -0.15) is 10.0 Å². The summed E-state index contributed by atoms with van der Waals surface area (Å²) in [6, 6.07) is 4.88. The molecule has 11 heteroatoms. The Kier molecular flexibility index (Phi) is 6.71. The summed E-state index contributed by atoms with van der Waals surface area (Å²) in [5.41, 5.74) is 8.00. The van der Waals surface area contributed by atoms with E-state index in [4.69, 9.17) is 10.5 Å². The van der Waals surface area contributed by atoms with Gasteiger partial charge in [0.25, 0.3) is 5.91 Å². The molecule has 2 heterocycles. The summed E-state index contributed by atoms with van der Waals surface area (Å²) >= 11 is 0. The number of nitroso groups, excluding NO2 is 1. The van der Waals surface area contributed by atoms with Crippen molar-refractivity contribution >= 4 is 28.8 Å². The number of aryl methyl sites for hydroxylation is 2. The minimum Gasteiger partial charge on any atom is -0.491 e. The van der Waals surface area contributed by atoms with Crippen LogP contribution in [0.3, 0.4) is 0 Å². The van der Waals surface area contributed by atoms with E-state index in [-0.39, 0.29) is 24.0 Å². The first-order valence-corrected chi connectivity index (χ1v) is 11.2. The highest BCUT2D eigenvalue weighted by Crippen LogP contribution is 2.34. The number of ether oxygens (including phenoxy) is 1. The largest absolute Gasteiger partial charge is 0.491 e. The first-order chi connectivity index (χ1) is 16.4. The van der Waals surface area contributed by atoms with Crippen LogP contribution in [-0.4, -0.2) is 44.3 Å². The smallest absolute Gasteiger partial charge is 0.276 e. The Morgan fingerprint density at radius 3 is 2.76 bits per heavy atom. The fourth-order valence-corrected chi connectivity index (χ4v) is 3.68. The molecule has 0 bridgehead atoms. The molecule has 34 heavy (non-hydrogen) atoms. The number of allylic oxidation sites excluding steroid dienone is 1. The number of nitrogens with zero attached hydrogens (tertiary/aromatic N) is 5. The predicted octanol–water partition coefficient (Wildman–Crippen LogP) is 3.02. The zero-order chi connectivity index (χ0) is 24.2. The third-order valence-electron chi connectivity index (χ3n) is 5.56. The maximum atomic E-state index is 13.1. The van der Waals surface area contributed by atoms with Crippen molar-refractivity contribution in [2.45, 2.75) is 39.8 Å². The Hall–Kier alpha value is -4.02. The molecule has 1 fully saturated rings. The van der Waals surface area contributed by atoms with Gasteiger partial charge in [0.2, 0.25) is 11.9 Å². The molecule has 3 N–H and O–H groups in total. The number of carbonyl (C=O) groups is 2. The second kappa shape index (κ2) is 9.86. The van der Waals surface area contributed by atoms with Crippen molar-refractivity contribution < 1.29 is 14.3 Å². The van der Waals surface area contributed by atoms with E-state index >= 15 is 0 Å². The quantitative estimate of drug-likeness (QED) is 0.329. The third kappa shape index (κ3) is 4.98. The lowest BCUT2D eigenvalue weighted by molar-refractivity contribution is 0.0995. The van der Waals surface area contributed by atoms with Crippen LogP contribution in [0.1, 0.15) is 46.3 Å². The first kappa shape index (κ1) is 23.1. The van der Waals surface area contributed by atoms with Gasteiger partial charge in [-0.15, -0.1) is 0 Å². The lowest BCUT2D eigenvalue weighted by Gasteiger charge is -2.12. The molecule has 1 aliphatic carbocycles. The number of primary amides is 1. The zero-order valence-electron chi connectivity index (χ0n) is 19.2. The number of hydrogen-bond donors (Lipinski definition) is 2. The van der Waals surface area contributed by atoms with Crippen molar-refractivity contribution in [1.82, 2.24) is 19.3 Å². The van der Waals surface area contributed by atoms with E-state index in [9.17, 15) is 14.5 Å². The van der Waals surface area contributed by atoms with Crippen LogP contribution < -0.4 is 15.8 Å². The fraction of sp³-hybridized carbons (Fsp3) is 0.391. The van der Waals surface area contributed by atoms with Gasteiger partial charge < -0.3 is 15.0 Å². The van der Waals surface area contributed by atoms with E-state index in [1.54, 1.807) is 39.6 Å². The van der Waals surface area contributed by atoms with Crippen molar-refractivity contribution in [2.24, 2.45) is 16.8 Å². The zero-order valence-corrected chi connectivity index (χ0v) is 19.2. The number of fused-ring (bicyclic) bond motifs is 1. The maximum absolute atomic E-state index is 13.1. The first-order valence-electron chi connectivity index (χ1n) is 11.2. The van der Waals surface area contributed by atoms with Crippen LogP contribution in [0.15, 0.2) is 35.5 Å². The predicted molar refractivity (Wildman–Crippen MR) is 127 cm³/mol. The molecule has 3 aromatic rings. The molecule has 178 valence electrons. The SMILES string of the molecule is CCn1nc(C)cc1C(=O)Nc1nc2cc(C(N)=O)cc(OCC3CC3)c2n1C/C=C/CN=O. The maximum Gasteiger partial charge on any atom is 0.276 e. The summed E-state index contributed by atoms with van der Waals surface area (Å²) in [7, 11) is 0. The molecule has 1 saturated carbocycles. The number of amides is 2. The number of nitrogens with one attached hydrogen (secondary N) is 1. The van der Waals surface area contributed by atoms with Crippen molar-refractivity contribution in [3.63, 3.8) is 0 Å². The molecule has 0 unspecified atom stereocenters. The van der Waals surface area contributed by atoms with E-state index < -0.39 is 5.91 Å². The van der Waals surface area contributed by atoms with Crippen molar-refractivity contribution in [3.8, 4) is 5.75 Å². The highest BCUT2D eigenvalue weighted by molar-refractivity contribution is 6.04. The molecular weight excluding hydrogens is 438 g/mol. The standard InChI is InChI=1S/C23H27N7O4/c1-3-30-18(10-14(2)28-30)22(32)27-23-26-17-11-16(21(24)31)12-19(34-13-15-6-7-15)20(17)29(23)9-5-4-8-25-33/h4-5,10-12,15H,3,6-9,13H2,1-2H3,(H2,24,31)(H,26,27,32)/b5-4+. The number of hydrogen-bond acceptors (Lipinski definition) is 7. The van der Waals surface area contributed by atoms with Crippen LogP contribution >= 0.6 is 0 Å². The minimum atomic E-state index is -0.599. The number of anilines is 1. The molecule has 1 aromatic carbocycles. The molecule has 4 rings (SSSR count). The van der Waals surface area contributed by atoms with Crippen LogP contribution in [0.25, 0.3) is 11.0 Å². The van der Waals surface area contributed by atoms with Gasteiger partial charge >= 0.3 is 0 Å². The lowest BCUT2D eigenvalue weighted by Crippen LogP contribution is -2.20. The van der Waals surface area contributed by atoms with Gasteiger partial charge in [-0.3, -0.25) is 19.6 Å². The average molecular weight is 466 g/mol. The van der Waals surface area contributed by atoms with Crippen LogP contribution in [0.4, 0.5) is 5.95 Å². The second-order valence-corrected chi connectivity index (χ2v) is 8.23. The Morgan fingerprint density at radius 1 is 1.29 bits per heavy atom. The number of aromatic nitrogens is 4.